The van der Waals surface area contributed by atoms with Gasteiger partial charge in [-0.2, -0.15) is 0 Å². The molecule has 3 rings (SSSR count). The van der Waals surface area contributed by atoms with Crippen LogP contribution in [0.2, 0.25) is 0 Å². The number of aromatic nitrogens is 2. The number of rotatable bonds is 5. The minimum Gasteiger partial charge on any atom is -0.396 e. The first-order valence-electron chi connectivity index (χ1n) is 8.59. The monoisotopic (exact) mass is 329 g/mol. The van der Waals surface area contributed by atoms with Crippen molar-refractivity contribution in [3.63, 3.8) is 0 Å². The van der Waals surface area contributed by atoms with Crippen LogP contribution >= 0.6 is 0 Å². The number of fused-ring (bicyclic) bond motifs is 1. The fraction of sp³-hybridized carbons (Fsp3) is 0.500. The Balaban J connectivity index is 1.82. The van der Waals surface area contributed by atoms with Gasteiger partial charge in [0.05, 0.1) is 0 Å². The second kappa shape index (κ2) is 7.57. The number of amides is 1. The molecule has 1 saturated carbocycles. The number of carbonyl (C=O) groups excluding carboxylic acids is 1. The van der Waals surface area contributed by atoms with E-state index in [1.807, 2.05) is 0 Å². The molecule has 2 N–H and O–H groups in total. The molecule has 1 aliphatic carbocycles. The van der Waals surface area contributed by atoms with E-state index >= 15 is 0 Å². The quantitative estimate of drug-likeness (QED) is 0.875. The average Bonchev–Trinajstić information content (AvgIpc) is 2.62. The van der Waals surface area contributed by atoms with Crippen molar-refractivity contribution in [2.75, 3.05) is 6.61 Å². The van der Waals surface area contributed by atoms with E-state index < -0.39 is 5.91 Å². The van der Waals surface area contributed by atoms with Crippen molar-refractivity contribution in [2.24, 2.45) is 5.92 Å². The van der Waals surface area contributed by atoms with Gasteiger partial charge in [-0.25, -0.2) is 4.98 Å². The van der Waals surface area contributed by atoms with Crippen LogP contribution in [0.5, 0.6) is 0 Å². The molecule has 1 unspecified atom stereocenters. The number of nitrogens with zero attached hydrogens (tertiary/aromatic N) is 2. The predicted octanol–water partition coefficient (Wildman–Crippen LogP) is 1.76. The van der Waals surface area contributed by atoms with Gasteiger partial charge in [0.1, 0.15) is 11.2 Å². The third kappa shape index (κ3) is 3.48. The van der Waals surface area contributed by atoms with Crippen molar-refractivity contribution >= 4 is 11.6 Å². The van der Waals surface area contributed by atoms with Crippen molar-refractivity contribution in [3.8, 4) is 0 Å². The van der Waals surface area contributed by atoms with Crippen LogP contribution in [0.1, 0.15) is 48.9 Å². The Kier molecular flexibility index (Phi) is 5.25. The van der Waals surface area contributed by atoms with Gasteiger partial charge in [-0.15, -0.1) is 0 Å². The molecule has 2 aromatic heterocycles. The minimum atomic E-state index is -0.408. The molecule has 1 fully saturated rings. The fourth-order valence-electron chi connectivity index (χ4n) is 3.53. The molecule has 0 aromatic carbocycles. The van der Waals surface area contributed by atoms with Crippen LogP contribution < -0.4 is 10.9 Å². The lowest BCUT2D eigenvalue weighted by Gasteiger charge is -2.30. The van der Waals surface area contributed by atoms with Gasteiger partial charge in [0, 0.05) is 25.0 Å². The van der Waals surface area contributed by atoms with Crippen molar-refractivity contribution in [1.29, 1.82) is 0 Å². The van der Waals surface area contributed by atoms with E-state index in [0.717, 1.165) is 25.7 Å². The van der Waals surface area contributed by atoms with Crippen LogP contribution in [0.4, 0.5) is 0 Å². The summed E-state index contributed by atoms with van der Waals surface area (Å²) in [4.78, 5) is 29.3. The summed E-state index contributed by atoms with van der Waals surface area (Å²) >= 11 is 0. The summed E-state index contributed by atoms with van der Waals surface area (Å²) in [6.45, 7) is 0.0242. The number of pyridine rings is 1. The number of aliphatic hydroxyl groups is 1. The Morgan fingerprint density at radius 2 is 2.12 bits per heavy atom. The highest BCUT2D eigenvalue weighted by Gasteiger charge is 2.26. The molecule has 0 saturated heterocycles. The molecule has 6 heteroatoms. The second-order valence-corrected chi connectivity index (χ2v) is 6.40. The zero-order valence-electron chi connectivity index (χ0n) is 13.6. The Morgan fingerprint density at radius 3 is 2.88 bits per heavy atom. The van der Waals surface area contributed by atoms with Gasteiger partial charge in [-0.3, -0.25) is 14.0 Å². The zero-order valence-corrected chi connectivity index (χ0v) is 13.6. The normalized spacial score (nSPS) is 16.9. The number of hydrogen-bond donors (Lipinski definition) is 2. The van der Waals surface area contributed by atoms with Crippen LogP contribution in [0.15, 0.2) is 35.4 Å². The Morgan fingerprint density at radius 1 is 1.33 bits per heavy atom. The van der Waals surface area contributed by atoms with Gasteiger partial charge in [-0.1, -0.05) is 25.3 Å². The van der Waals surface area contributed by atoms with E-state index in [1.165, 1.54) is 17.0 Å². The molecule has 1 amide bonds. The molecule has 0 bridgehead atoms. The highest BCUT2D eigenvalue weighted by atomic mass is 16.3. The van der Waals surface area contributed by atoms with E-state index in [0.29, 0.717) is 18.0 Å². The van der Waals surface area contributed by atoms with E-state index in [4.69, 9.17) is 0 Å². The topological polar surface area (TPSA) is 83.7 Å². The van der Waals surface area contributed by atoms with Crippen LogP contribution in [-0.2, 0) is 0 Å². The van der Waals surface area contributed by atoms with Crippen molar-refractivity contribution in [3.05, 3.63) is 46.5 Å². The summed E-state index contributed by atoms with van der Waals surface area (Å²) in [7, 11) is 0. The second-order valence-electron chi connectivity index (χ2n) is 6.40. The molecule has 2 heterocycles. The molecule has 2 aromatic rings. The largest absolute Gasteiger partial charge is 0.396 e. The third-order valence-corrected chi connectivity index (χ3v) is 4.83. The lowest BCUT2D eigenvalue weighted by Crippen LogP contribution is -2.43. The summed E-state index contributed by atoms with van der Waals surface area (Å²) in [6, 6.07) is 5.15. The number of hydrogen-bond acceptors (Lipinski definition) is 4. The van der Waals surface area contributed by atoms with Crippen LogP contribution in [0.3, 0.4) is 0 Å². The van der Waals surface area contributed by atoms with Crippen molar-refractivity contribution < 1.29 is 9.90 Å². The first kappa shape index (κ1) is 16.6. The minimum absolute atomic E-state index is 0.0242. The van der Waals surface area contributed by atoms with E-state index in [1.54, 1.807) is 24.4 Å². The molecule has 24 heavy (non-hydrogen) atoms. The maximum absolute atomic E-state index is 12.6. The fourth-order valence-corrected chi connectivity index (χ4v) is 3.53. The molecule has 1 aliphatic rings. The highest BCUT2D eigenvalue weighted by molar-refractivity contribution is 5.93. The van der Waals surface area contributed by atoms with Crippen molar-refractivity contribution in [1.82, 2.24) is 14.7 Å². The predicted molar refractivity (Wildman–Crippen MR) is 91.0 cm³/mol. The highest BCUT2D eigenvalue weighted by Crippen LogP contribution is 2.27. The van der Waals surface area contributed by atoms with Gasteiger partial charge < -0.3 is 10.4 Å². The van der Waals surface area contributed by atoms with E-state index in [9.17, 15) is 14.7 Å². The number of carbonyl (C=O) groups is 1. The van der Waals surface area contributed by atoms with Crippen molar-refractivity contribution in [2.45, 2.75) is 44.6 Å². The standard InChI is InChI=1S/C18H23N3O3/c22-11-9-15(13-6-2-1-3-7-13)20-17(23)14-12-19-16-8-4-5-10-21(16)18(14)24/h4-5,8,10,12-13,15,22H,1-3,6-7,9,11H2,(H,20,23). The summed E-state index contributed by atoms with van der Waals surface area (Å²) < 4.78 is 1.37. The molecule has 128 valence electrons. The maximum atomic E-state index is 12.6. The Labute approximate surface area is 140 Å². The SMILES string of the molecule is O=C(NC(CCO)C1CCCCC1)c1cnc2ccccn2c1=O. The smallest absolute Gasteiger partial charge is 0.270 e. The van der Waals surface area contributed by atoms with E-state index in [-0.39, 0.29) is 23.8 Å². The lowest BCUT2D eigenvalue weighted by molar-refractivity contribution is 0.0897. The number of nitrogens with one attached hydrogen (secondary N) is 1. The number of aliphatic hydroxyl groups excluding tert-OH is 1. The summed E-state index contributed by atoms with van der Waals surface area (Å²) in [5.74, 6) is -0.0409. The molecular formula is C18H23N3O3. The Bertz CT molecular complexity index is 765. The molecule has 0 spiro atoms. The lowest BCUT2D eigenvalue weighted by atomic mass is 9.82. The van der Waals surface area contributed by atoms with Gasteiger partial charge in [0.15, 0.2) is 0 Å². The van der Waals surface area contributed by atoms with Crippen LogP contribution in [0, 0.1) is 5.92 Å². The third-order valence-electron chi connectivity index (χ3n) is 4.83. The van der Waals surface area contributed by atoms with Crippen LogP contribution in [0.25, 0.3) is 5.65 Å². The Hall–Kier alpha value is -2.21. The molecule has 1 atom stereocenters. The van der Waals surface area contributed by atoms with Gasteiger partial charge in [0.2, 0.25) is 0 Å². The average molecular weight is 329 g/mol. The zero-order chi connectivity index (χ0) is 16.9. The summed E-state index contributed by atoms with van der Waals surface area (Å²) in [6.07, 6.45) is 9.10. The summed E-state index contributed by atoms with van der Waals surface area (Å²) in [5.41, 5.74) is 0.181. The van der Waals surface area contributed by atoms with Crippen LogP contribution in [-0.4, -0.2) is 33.0 Å². The first-order chi connectivity index (χ1) is 11.7. The molecule has 6 nitrogen and oxygen atoms in total. The summed E-state index contributed by atoms with van der Waals surface area (Å²) in [5, 5.41) is 12.3. The van der Waals surface area contributed by atoms with E-state index in [2.05, 4.69) is 10.3 Å². The van der Waals surface area contributed by atoms with Gasteiger partial charge in [-0.05, 0) is 37.3 Å². The first-order valence-corrected chi connectivity index (χ1v) is 8.59. The molecule has 0 radical (unpaired) electrons. The molecular weight excluding hydrogens is 306 g/mol. The molecule has 0 aliphatic heterocycles. The van der Waals surface area contributed by atoms with Gasteiger partial charge in [0.25, 0.3) is 11.5 Å². The van der Waals surface area contributed by atoms with Gasteiger partial charge >= 0.3 is 0 Å². The maximum Gasteiger partial charge on any atom is 0.270 e.